The molecule has 0 aliphatic heterocycles. The molecule has 0 fully saturated rings. The third-order valence-electron chi connectivity index (χ3n) is 1.57. The van der Waals surface area contributed by atoms with Crippen LogP contribution in [0.3, 0.4) is 0 Å². The lowest BCUT2D eigenvalue weighted by atomic mass is 10.2. The fourth-order valence-corrected chi connectivity index (χ4v) is 1.16. The highest BCUT2D eigenvalue weighted by Gasteiger charge is 2.01. The first-order chi connectivity index (χ1) is 6.63. The molecule has 74 valence electrons. The minimum absolute atomic E-state index is 0.508. The third kappa shape index (κ3) is 2.74. The van der Waals surface area contributed by atoms with Crippen LogP contribution in [0.15, 0.2) is 24.4 Å². The Morgan fingerprint density at radius 2 is 2.29 bits per heavy atom. The Hall–Kier alpha value is -1.55. The lowest BCUT2D eigenvalue weighted by Crippen LogP contribution is -1.88. The molecule has 0 saturated carbocycles. The smallest absolute Gasteiger partial charge is 0.235 e. The van der Waals surface area contributed by atoms with Gasteiger partial charge in [-0.15, -0.1) is 0 Å². The Morgan fingerprint density at radius 1 is 1.57 bits per heavy atom. The minimum atomic E-state index is -0.541. The van der Waals surface area contributed by atoms with E-state index < -0.39 is 4.92 Å². The number of rotatable bonds is 3. The van der Waals surface area contributed by atoms with Gasteiger partial charge in [0.2, 0.25) is 6.20 Å². The van der Waals surface area contributed by atoms with Crippen LogP contribution in [0.25, 0.3) is 6.08 Å². The van der Waals surface area contributed by atoms with Crippen LogP contribution < -0.4 is 4.74 Å². The number of methoxy groups -OCH3 is 1. The van der Waals surface area contributed by atoms with E-state index in [0.29, 0.717) is 16.3 Å². The first-order valence-corrected chi connectivity index (χ1v) is 4.16. The Morgan fingerprint density at radius 3 is 2.86 bits per heavy atom. The van der Waals surface area contributed by atoms with Gasteiger partial charge in [-0.3, -0.25) is 10.1 Å². The molecule has 4 nitrogen and oxygen atoms in total. The van der Waals surface area contributed by atoms with Crippen molar-refractivity contribution in [3.8, 4) is 5.75 Å². The van der Waals surface area contributed by atoms with Gasteiger partial charge in [-0.2, -0.15) is 0 Å². The van der Waals surface area contributed by atoms with Gasteiger partial charge in [0.15, 0.2) is 0 Å². The highest BCUT2D eigenvalue weighted by atomic mass is 35.5. The molecule has 0 heterocycles. The molecule has 0 atom stereocenters. The largest absolute Gasteiger partial charge is 0.496 e. The van der Waals surface area contributed by atoms with E-state index in [1.165, 1.54) is 13.2 Å². The van der Waals surface area contributed by atoms with Crippen molar-refractivity contribution in [3.05, 3.63) is 45.1 Å². The van der Waals surface area contributed by atoms with Crippen molar-refractivity contribution in [2.75, 3.05) is 7.11 Å². The van der Waals surface area contributed by atoms with Crippen LogP contribution in [-0.2, 0) is 0 Å². The molecule has 0 spiro atoms. The number of nitrogens with zero attached hydrogens (tertiary/aromatic N) is 1. The van der Waals surface area contributed by atoms with Gasteiger partial charge in [-0.1, -0.05) is 11.6 Å². The Labute approximate surface area is 85.9 Å². The lowest BCUT2D eigenvalue weighted by molar-refractivity contribution is -0.400. The van der Waals surface area contributed by atoms with Crippen LogP contribution in [0, 0.1) is 10.1 Å². The summed E-state index contributed by atoms with van der Waals surface area (Å²) in [6.45, 7) is 0. The molecule has 0 aliphatic carbocycles. The van der Waals surface area contributed by atoms with Gasteiger partial charge < -0.3 is 4.74 Å². The molecule has 0 saturated heterocycles. The van der Waals surface area contributed by atoms with Crippen LogP contribution in [0.5, 0.6) is 5.75 Å². The van der Waals surface area contributed by atoms with Gasteiger partial charge in [0.1, 0.15) is 5.75 Å². The van der Waals surface area contributed by atoms with Gasteiger partial charge in [-0.25, -0.2) is 0 Å². The maximum Gasteiger partial charge on any atom is 0.235 e. The molecule has 0 unspecified atom stereocenters. The fourth-order valence-electron chi connectivity index (χ4n) is 0.977. The summed E-state index contributed by atoms with van der Waals surface area (Å²) < 4.78 is 5.00. The molecule has 0 N–H and O–H groups in total. The number of hydrogen-bond acceptors (Lipinski definition) is 3. The van der Waals surface area contributed by atoms with E-state index in [4.69, 9.17) is 16.3 Å². The summed E-state index contributed by atoms with van der Waals surface area (Å²) >= 11 is 5.73. The maximum absolute atomic E-state index is 10.1. The van der Waals surface area contributed by atoms with Gasteiger partial charge in [0.25, 0.3) is 0 Å². The topological polar surface area (TPSA) is 52.4 Å². The first-order valence-electron chi connectivity index (χ1n) is 3.78. The molecule has 14 heavy (non-hydrogen) atoms. The molecule has 0 amide bonds. The van der Waals surface area contributed by atoms with Crippen molar-refractivity contribution in [1.29, 1.82) is 0 Å². The zero-order valence-electron chi connectivity index (χ0n) is 7.44. The van der Waals surface area contributed by atoms with E-state index in [1.54, 1.807) is 18.2 Å². The molecule has 1 aromatic rings. The predicted octanol–water partition coefficient (Wildman–Crippen LogP) is 2.60. The summed E-state index contributed by atoms with van der Waals surface area (Å²) in [5.74, 6) is 0.549. The second-order valence-corrected chi connectivity index (χ2v) is 2.92. The van der Waals surface area contributed by atoms with E-state index >= 15 is 0 Å². The van der Waals surface area contributed by atoms with E-state index in [2.05, 4.69) is 0 Å². The van der Waals surface area contributed by atoms with Crippen LogP contribution >= 0.6 is 11.6 Å². The second kappa shape index (κ2) is 4.62. The Kier molecular flexibility index (Phi) is 3.48. The van der Waals surface area contributed by atoms with Crippen LogP contribution in [0.4, 0.5) is 0 Å². The summed E-state index contributed by atoms with van der Waals surface area (Å²) in [5.41, 5.74) is 0.580. The minimum Gasteiger partial charge on any atom is -0.496 e. The highest BCUT2D eigenvalue weighted by Crippen LogP contribution is 2.23. The van der Waals surface area contributed by atoms with E-state index in [9.17, 15) is 10.1 Å². The SMILES string of the molecule is COc1ccc(Cl)cc1C=C[N+](=O)[O-]. The molecule has 5 heteroatoms. The monoisotopic (exact) mass is 213 g/mol. The number of ether oxygens (including phenoxy) is 1. The van der Waals surface area contributed by atoms with Gasteiger partial charge in [0, 0.05) is 16.7 Å². The fraction of sp³-hybridized carbons (Fsp3) is 0.111. The molecule has 0 aliphatic rings. The normalized spacial score (nSPS) is 10.4. The standard InChI is InChI=1S/C9H8ClNO3/c1-14-9-3-2-8(10)6-7(9)4-5-11(12)13/h2-6H,1H3. The van der Waals surface area contributed by atoms with Crippen molar-refractivity contribution in [2.24, 2.45) is 0 Å². The van der Waals surface area contributed by atoms with Gasteiger partial charge >= 0.3 is 0 Å². The van der Waals surface area contributed by atoms with Gasteiger partial charge in [0.05, 0.1) is 12.0 Å². The molecular weight excluding hydrogens is 206 g/mol. The zero-order valence-corrected chi connectivity index (χ0v) is 8.19. The average Bonchev–Trinajstić information content (AvgIpc) is 2.15. The lowest BCUT2D eigenvalue weighted by Gasteiger charge is -2.03. The first kappa shape index (κ1) is 10.5. The van der Waals surface area contributed by atoms with Crippen LogP contribution in [0.1, 0.15) is 5.56 Å². The third-order valence-corrected chi connectivity index (χ3v) is 1.80. The van der Waals surface area contributed by atoms with E-state index in [-0.39, 0.29) is 0 Å². The molecule has 0 bridgehead atoms. The van der Waals surface area contributed by atoms with Crippen LogP contribution in [0.2, 0.25) is 5.02 Å². The van der Waals surface area contributed by atoms with Crippen molar-refractivity contribution in [2.45, 2.75) is 0 Å². The zero-order chi connectivity index (χ0) is 10.6. The molecule has 1 rings (SSSR count). The summed E-state index contributed by atoms with van der Waals surface area (Å²) in [4.78, 5) is 9.56. The number of halogens is 1. The molecule has 0 radical (unpaired) electrons. The summed E-state index contributed by atoms with van der Waals surface area (Å²) in [6.07, 6.45) is 2.18. The Balaban J connectivity index is 3.04. The molecular formula is C9H8ClNO3. The number of benzene rings is 1. The predicted molar refractivity (Wildman–Crippen MR) is 54.0 cm³/mol. The summed E-state index contributed by atoms with van der Waals surface area (Å²) in [7, 11) is 1.49. The summed E-state index contributed by atoms with van der Waals surface area (Å²) in [6, 6.07) is 4.91. The average molecular weight is 214 g/mol. The molecule has 0 aromatic heterocycles. The van der Waals surface area contributed by atoms with Gasteiger partial charge in [-0.05, 0) is 18.2 Å². The second-order valence-electron chi connectivity index (χ2n) is 2.49. The molecule has 1 aromatic carbocycles. The van der Waals surface area contributed by atoms with E-state index in [1.807, 2.05) is 0 Å². The van der Waals surface area contributed by atoms with Crippen molar-refractivity contribution < 1.29 is 9.66 Å². The number of nitro groups is 1. The summed E-state index contributed by atoms with van der Waals surface area (Å²) in [5, 5.41) is 10.6. The Bertz CT molecular complexity index is 376. The van der Waals surface area contributed by atoms with Crippen molar-refractivity contribution in [3.63, 3.8) is 0 Å². The number of hydrogen-bond donors (Lipinski definition) is 0. The van der Waals surface area contributed by atoms with E-state index in [0.717, 1.165) is 6.20 Å². The highest BCUT2D eigenvalue weighted by molar-refractivity contribution is 6.30. The quantitative estimate of drug-likeness (QED) is 0.573. The van der Waals surface area contributed by atoms with Crippen molar-refractivity contribution in [1.82, 2.24) is 0 Å². The van der Waals surface area contributed by atoms with Crippen LogP contribution in [-0.4, -0.2) is 12.0 Å². The van der Waals surface area contributed by atoms with Crippen molar-refractivity contribution >= 4 is 17.7 Å². The maximum atomic E-state index is 10.1.